The van der Waals surface area contributed by atoms with Crippen LogP contribution in [0.2, 0.25) is 0 Å². The zero-order valence-corrected chi connectivity index (χ0v) is 19.6. The molecule has 1 aromatic carbocycles. The van der Waals surface area contributed by atoms with Crippen molar-refractivity contribution >= 4 is 53.3 Å². The van der Waals surface area contributed by atoms with Crippen LogP contribution in [-0.4, -0.2) is 48.7 Å². The first-order valence-corrected chi connectivity index (χ1v) is 10.9. The van der Waals surface area contributed by atoms with Crippen LogP contribution >= 0.6 is 35.7 Å². The van der Waals surface area contributed by atoms with E-state index in [4.69, 9.17) is 9.73 Å². The van der Waals surface area contributed by atoms with Gasteiger partial charge in [0.2, 0.25) is 0 Å². The lowest BCUT2D eigenvalue weighted by Gasteiger charge is -2.14. The number of thioether (sulfide) groups is 1. The van der Waals surface area contributed by atoms with Crippen molar-refractivity contribution in [2.24, 2.45) is 4.99 Å². The molecule has 28 heavy (non-hydrogen) atoms. The van der Waals surface area contributed by atoms with Gasteiger partial charge in [-0.2, -0.15) is 11.8 Å². The molecule has 156 valence electrons. The highest BCUT2D eigenvalue weighted by Gasteiger charge is 2.23. The van der Waals surface area contributed by atoms with Gasteiger partial charge in [-0.1, -0.05) is 12.1 Å². The molecule has 1 amide bonds. The molecular formula is C20H31IN4O2S. The number of halogens is 1. The van der Waals surface area contributed by atoms with Gasteiger partial charge in [-0.3, -0.25) is 4.79 Å². The van der Waals surface area contributed by atoms with E-state index in [0.717, 1.165) is 43.1 Å². The van der Waals surface area contributed by atoms with Crippen LogP contribution in [-0.2, 0) is 16.1 Å². The van der Waals surface area contributed by atoms with E-state index in [-0.39, 0.29) is 36.0 Å². The quantitative estimate of drug-likeness (QED) is 0.293. The number of carbonyl (C=O) groups is 1. The van der Waals surface area contributed by atoms with Crippen LogP contribution in [0.5, 0.6) is 0 Å². The summed E-state index contributed by atoms with van der Waals surface area (Å²) in [6.07, 6.45) is 4.03. The van der Waals surface area contributed by atoms with Crippen LogP contribution in [0.25, 0.3) is 0 Å². The standard InChI is InChI=1S/C20H30N4O2S.HI/c1-2-21-20(23-14-17-8-5-11-27-17)22-13-15-6-3-7-16(12-15)24-19(25)18-9-4-10-26-18;/h3,6-7,12,17-18H,2,4-5,8-11,13-14H2,1H3,(H,24,25)(H2,21,22,23);1H. The first kappa shape index (κ1) is 23.3. The minimum atomic E-state index is -0.315. The number of anilines is 1. The third-order valence-electron chi connectivity index (χ3n) is 4.70. The summed E-state index contributed by atoms with van der Waals surface area (Å²) in [7, 11) is 0. The molecule has 8 heteroatoms. The Kier molecular flexibility index (Phi) is 10.4. The lowest BCUT2D eigenvalue weighted by molar-refractivity contribution is -0.124. The van der Waals surface area contributed by atoms with Crippen LogP contribution in [0.3, 0.4) is 0 Å². The molecule has 0 radical (unpaired) electrons. The van der Waals surface area contributed by atoms with E-state index in [9.17, 15) is 4.79 Å². The number of ether oxygens (including phenoxy) is 1. The van der Waals surface area contributed by atoms with Crippen molar-refractivity contribution in [3.05, 3.63) is 29.8 Å². The average Bonchev–Trinajstić information content (AvgIpc) is 3.38. The van der Waals surface area contributed by atoms with E-state index < -0.39 is 0 Å². The Hall–Kier alpha value is -1.00. The number of hydrogen-bond donors (Lipinski definition) is 3. The third kappa shape index (κ3) is 7.44. The molecule has 0 saturated carbocycles. The van der Waals surface area contributed by atoms with Gasteiger partial charge >= 0.3 is 0 Å². The number of benzene rings is 1. The van der Waals surface area contributed by atoms with E-state index in [1.165, 1.54) is 18.6 Å². The highest BCUT2D eigenvalue weighted by molar-refractivity contribution is 14.0. The highest BCUT2D eigenvalue weighted by atomic mass is 127. The Bertz CT molecular complexity index is 647. The van der Waals surface area contributed by atoms with Crippen molar-refractivity contribution in [1.82, 2.24) is 10.6 Å². The van der Waals surface area contributed by atoms with Crippen molar-refractivity contribution in [3.8, 4) is 0 Å². The van der Waals surface area contributed by atoms with Crippen molar-refractivity contribution in [2.75, 3.05) is 30.8 Å². The number of amides is 1. The van der Waals surface area contributed by atoms with Gasteiger partial charge in [0.25, 0.3) is 5.91 Å². The van der Waals surface area contributed by atoms with Gasteiger partial charge in [-0.25, -0.2) is 4.99 Å². The van der Waals surface area contributed by atoms with E-state index in [1.54, 1.807) is 0 Å². The van der Waals surface area contributed by atoms with Gasteiger partial charge in [-0.05, 0) is 56.1 Å². The molecule has 2 unspecified atom stereocenters. The van der Waals surface area contributed by atoms with Crippen molar-refractivity contribution in [1.29, 1.82) is 0 Å². The number of aliphatic imine (C=N–C) groups is 1. The Morgan fingerprint density at radius 3 is 2.89 bits per heavy atom. The van der Waals surface area contributed by atoms with E-state index in [2.05, 4.69) is 22.9 Å². The second-order valence-corrected chi connectivity index (χ2v) is 8.31. The second kappa shape index (κ2) is 12.5. The van der Waals surface area contributed by atoms with E-state index in [1.807, 2.05) is 36.0 Å². The Morgan fingerprint density at radius 2 is 2.18 bits per heavy atom. The van der Waals surface area contributed by atoms with Gasteiger partial charge < -0.3 is 20.7 Å². The van der Waals surface area contributed by atoms with Gasteiger partial charge in [-0.15, -0.1) is 24.0 Å². The predicted molar refractivity (Wildman–Crippen MR) is 128 cm³/mol. The fraction of sp³-hybridized carbons (Fsp3) is 0.600. The number of nitrogens with zero attached hydrogens (tertiary/aromatic N) is 1. The molecule has 1 aromatic rings. The Labute approximate surface area is 189 Å². The molecule has 3 rings (SSSR count). The summed E-state index contributed by atoms with van der Waals surface area (Å²) in [4.78, 5) is 16.9. The molecule has 2 aliphatic heterocycles. The van der Waals surface area contributed by atoms with Gasteiger partial charge in [0.15, 0.2) is 5.96 Å². The van der Waals surface area contributed by atoms with Crippen molar-refractivity contribution < 1.29 is 9.53 Å². The third-order valence-corrected chi connectivity index (χ3v) is 6.10. The minimum Gasteiger partial charge on any atom is -0.368 e. The van der Waals surface area contributed by atoms with Crippen molar-refractivity contribution in [3.63, 3.8) is 0 Å². The lowest BCUT2D eigenvalue weighted by atomic mass is 10.2. The first-order chi connectivity index (χ1) is 13.2. The molecule has 2 heterocycles. The molecular weight excluding hydrogens is 487 g/mol. The fourth-order valence-corrected chi connectivity index (χ4v) is 4.48. The highest BCUT2D eigenvalue weighted by Crippen LogP contribution is 2.25. The second-order valence-electron chi connectivity index (χ2n) is 6.90. The molecule has 0 aliphatic carbocycles. The summed E-state index contributed by atoms with van der Waals surface area (Å²) in [5.74, 6) is 2.06. The number of carbonyl (C=O) groups excluding carboxylic acids is 1. The summed E-state index contributed by atoms with van der Waals surface area (Å²) in [6.45, 7) is 5.10. The zero-order valence-electron chi connectivity index (χ0n) is 16.4. The SMILES string of the molecule is CCNC(=NCc1cccc(NC(=O)C2CCCO2)c1)NCC1CCCS1.I. The fourth-order valence-electron chi connectivity index (χ4n) is 3.28. The Balaban J connectivity index is 0.00000280. The smallest absolute Gasteiger partial charge is 0.253 e. The maximum atomic E-state index is 12.2. The van der Waals surface area contributed by atoms with Crippen LogP contribution < -0.4 is 16.0 Å². The summed E-state index contributed by atoms with van der Waals surface area (Å²) >= 11 is 2.04. The Morgan fingerprint density at radius 1 is 1.29 bits per heavy atom. The summed E-state index contributed by atoms with van der Waals surface area (Å²) in [6, 6.07) is 7.86. The number of guanidine groups is 1. The van der Waals surface area contributed by atoms with Crippen LogP contribution in [0.1, 0.15) is 38.2 Å². The molecule has 0 spiro atoms. The molecule has 0 bridgehead atoms. The summed E-state index contributed by atoms with van der Waals surface area (Å²) in [5, 5.41) is 10.4. The number of rotatable bonds is 7. The van der Waals surface area contributed by atoms with Crippen molar-refractivity contribution in [2.45, 2.75) is 50.5 Å². The van der Waals surface area contributed by atoms with Gasteiger partial charge in [0.05, 0.1) is 6.54 Å². The molecule has 2 atom stereocenters. The molecule has 6 nitrogen and oxygen atoms in total. The normalized spacial score (nSPS) is 21.8. The van der Waals surface area contributed by atoms with E-state index >= 15 is 0 Å². The maximum Gasteiger partial charge on any atom is 0.253 e. The lowest BCUT2D eigenvalue weighted by Crippen LogP contribution is -2.40. The molecule has 2 saturated heterocycles. The predicted octanol–water partition coefficient (Wildman–Crippen LogP) is 3.37. The van der Waals surface area contributed by atoms with Gasteiger partial charge in [0, 0.05) is 30.6 Å². The summed E-state index contributed by atoms with van der Waals surface area (Å²) in [5.41, 5.74) is 1.86. The maximum absolute atomic E-state index is 12.2. The van der Waals surface area contributed by atoms with Crippen LogP contribution in [0, 0.1) is 0 Å². The van der Waals surface area contributed by atoms with E-state index in [0.29, 0.717) is 18.4 Å². The molecule has 0 aromatic heterocycles. The zero-order chi connectivity index (χ0) is 18.9. The molecule has 2 fully saturated rings. The van der Waals surface area contributed by atoms with Gasteiger partial charge in [0.1, 0.15) is 6.10 Å². The van der Waals surface area contributed by atoms with Crippen LogP contribution in [0.4, 0.5) is 5.69 Å². The summed E-state index contributed by atoms with van der Waals surface area (Å²) < 4.78 is 5.44. The average molecular weight is 518 g/mol. The minimum absolute atomic E-state index is 0. The topological polar surface area (TPSA) is 74.8 Å². The number of hydrogen-bond acceptors (Lipinski definition) is 4. The number of nitrogens with one attached hydrogen (secondary N) is 3. The monoisotopic (exact) mass is 518 g/mol. The first-order valence-electron chi connectivity index (χ1n) is 9.90. The largest absolute Gasteiger partial charge is 0.368 e. The van der Waals surface area contributed by atoms with Crippen LogP contribution in [0.15, 0.2) is 29.3 Å². The molecule has 3 N–H and O–H groups in total. The molecule has 2 aliphatic rings.